The molecule has 0 atom stereocenters. The number of rotatable bonds is 4. The molecule has 0 unspecified atom stereocenters. The Morgan fingerprint density at radius 3 is 1.33 bits per heavy atom. The first-order valence-corrected chi connectivity index (χ1v) is 17.5. The summed E-state index contributed by atoms with van der Waals surface area (Å²) >= 11 is 0. The minimum Gasteiger partial charge on any atom is -0.309 e. The monoisotopic (exact) mass is 649 g/mol. The molecule has 238 valence electrons. The Kier molecular flexibility index (Phi) is 5.96. The third kappa shape index (κ3) is 4.06. The van der Waals surface area contributed by atoms with Gasteiger partial charge in [-0.1, -0.05) is 115 Å². The lowest BCUT2D eigenvalue weighted by atomic mass is 9.99. The molecule has 3 aromatic heterocycles. The predicted molar refractivity (Wildman–Crippen MR) is 215 cm³/mol. The van der Waals surface area contributed by atoms with Crippen LogP contribution in [0.25, 0.3) is 93.6 Å². The smallest absolute Gasteiger partial charge is 0.0562 e. The standard InChI is InChI=1S/C48H31N3/c1-3-16-33(17-4-1)49-44-27-12-9-23-39(44)48-36(24-14-28-45(48)49)32-15-13-20-35(29-32)51-43-26-11-8-22-38(43)41-30-40-37-21-7-10-25-42(37)50(46(40)31-47(41)51)34-18-5-2-6-19-34/h1-31H. The van der Waals surface area contributed by atoms with Crippen molar-refractivity contribution in [1.29, 1.82) is 0 Å². The van der Waals surface area contributed by atoms with Crippen LogP contribution in [0.4, 0.5) is 0 Å². The molecule has 51 heavy (non-hydrogen) atoms. The molecule has 0 fully saturated rings. The van der Waals surface area contributed by atoms with Gasteiger partial charge in [0.15, 0.2) is 0 Å². The van der Waals surface area contributed by atoms with E-state index in [0.29, 0.717) is 0 Å². The molecule has 0 saturated heterocycles. The molecule has 0 amide bonds. The second-order valence-corrected chi connectivity index (χ2v) is 13.4. The Hall–Kier alpha value is -6.84. The van der Waals surface area contributed by atoms with Crippen LogP contribution in [-0.4, -0.2) is 13.7 Å². The Bertz CT molecular complexity index is 3120. The zero-order chi connectivity index (χ0) is 33.5. The highest BCUT2D eigenvalue weighted by Crippen LogP contribution is 2.42. The number of fused-ring (bicyclic) bond motifs is 9. The van der Waals surface area contributed by atoms with Gasteiger partial charge in [-0.25, -0.2) is 0 Å². The number of benzene rings is 8. The zero-order valence-corrected chi connectivity index (χ0v) is 27.7. The van der Waals surface area contributed by atoms with E-state index in [1.807, 2.05) is 0 Å². The van der Waals surface area contributed by atoms with Gasteiger partial charge in [-0.05, 0) is 83.9 Å². The van der Waals surface area contributed by atoms with Crippen molar-refractivity contribution in [2.75, 3.05) is 0 Å². The normalized spacial score (nSPS) is 11.9. The van der Waals surface area contributed by atoms with Crippen molar-refractivity contribution >= 4 is 65.4 Å². The number of para-hydroxylation sites is 5. The van der Waals surface area contributed by atoms with Crippen LogP contribution in [0, 0.1) is 0 Å². The second-order valence-electron chi connectivity index (χ2n) is 13.4. The molecule has 0 aliphatic heterocycles. The second kappa shape index (κ2) is 10.8. The van der Waals surface area contributed by atoms with E-state index in [1.54, 1.807) is 0 Å². The molecule has 0 spiro atoms. The Morgan fingerprint density at radius 2 is 0.706 bits per heavy atom. The maximum Gasteiger partial charge on any atom is 0.0562 e. The molecular formula is C48H31N3. The minimum atomic E-state index is 1.14. The van der Waals surface area contributed by atoms with Gasteiger partial charge in [-0.15, -0.1) is 0 Å². The van der Waals surface area contributed by atoms with E-state index in [2.05, 4.69) is 202 Å². The van der Waals surface area contributed by atoms with Crippen LogP contribution in [-0.2, 0) is 0 Å². The topological polar surface area (TPSA) is 14.8 Å². The maximum atomic E-state index is 2.45. The first kappa shape index (κ1) is 28.0. The maximum absolute atomic E-state index is 2.45. The fourth-order valence-corrected chi connectivity index (χ4v) is 8.49. The molecule has 0 saturated carbocycles. The molecule has 11 rings (SSSR count). The van der Waals surface area contributed by atoms with Gasteiger partial charge in [-0.3, -0.25) is 0 Å². The lowest BCUT2D eigenvalue weighted by Gasteiger charge is -2.12. The molecule has 3 nitrogen and oxygen atoms in total. The highest BCUT2D eigenvalue weighted by Gasteiger charge is 2.20. The summed E-state index contributed by atoms with van der Waals surface area (Å²) in [6.07, 6.45) is 0. The summed E-state index contributed by atoms with van der Waals surface area (Å²) in [4.78, 5) is 0. The molecule has 11 aromatic rings. The molecule has 0 bridgehead atoms. The third-order valence-corrected chi connectivity index (χ3v) is 10.6. The number of aromatic nitrogens is 3. The number of nitrogens with zero attached hydrogens (tertiary/aromatic N) is 3. The van der Waals surface area contributed by atoms with Crippen LogP contribution in [0.2, 0.25) is 0 Å². The van der Waals surface area contributed by atoms with Gasteiger partial charge in [0, 0.05) is 49.4 Å². The summed E-state index contributed by atoms with van der Waals surface area (Å²) in [6, 6.07) is 68.4. The summed E-state index contributed by atoms with van der Waals surface area (Å²) in [5, 5.41) is 7.56. The molecule has 0 radical (unpaired) electrons. The largest absolute Gasteiger partial charge is 0.309 e. The van der Waals surface area contributed by atoms with Gasteiger partial charge >= 0.3 is 0 Å². The predicted octanol–water partition coefficient (Wildman–Crippen LogP) is 12.6. The zero-order valence-electron chi connectivity index (χ0n) is 27.7. The van der Waals surface area contributed by atoms with E-state index in [4.69, 9.17) is 0 Å². The van der Waals surface area contributed by atoms with Crippen molar-refractivity contribution in [3.8, 4) is 28.2 Å². The lowest BCUT2D eigenvalue weighted by Crippen LogP contribution is -1.96. The number of hydrogen-bond donors (Lipinski definition) is 0. The van der Waals surface area contributed by atoms with Crippen LogP contribution in [0.5, 0.6) is 0 Å². The van der Waals surface area contributed by atoms with E-state index >= 15 is 0 Å². The van der Waals surface area contributed by atoms with Gasteiger partial charge in [0.2, 0.25) is 0 Å². The van der Waals surface area contributed by atoms with Crippen LogP contribution in [0.15, 0.2) is 188 Å². The molecule has 0 aliphatic rings. The van der Waals surface area contributed by atoms with Gasteiger partial charge in [0.05, 0.1) is 33.1 Å². The quantitative estimate of drug-likeness (QED) is 0.180. The highest BCUT2D eigenvalue weighted by molar-refractivity contribution is 6.19. The Balaban J connectivity index is 1.19. The van der Waals surface area contributed by atoms with Crippen molar-refractivity contribution in [3.05, 3.63) is 188 Å². The van der Waals surface area contributed by atoms with Crippen LogP contribution in [0.1, 0.15) is 0 Å². The first-order valence-electron chi connectivity index (χ1n) is 17.5. The molecular weight excluding hydrogens is 619 g/mol. The summed E-state index contributed by atoms with van der Waals surface area (Å²) in [6.45, 7) is 0. The molecule has 3 heteroatoms. The van der Waals surface area contributed by atoms with Crippen molar-refractivity contribution < 1.29 is 0 Å². The summed E-state index contributed by atoms with van der Waals surface area (Å²) < 4.78 is 7.25. The fourth-order valence-electron chi connectivity index (χ4n) is 8.49. The molecule has 0 aliphatic carbocycles. The summed E-state index contributed by atoms with van der Waals surface area (Å²) in [5.41, 5.74) is 13.1. The third-order valence-electron chi connectivity index (χ3n) is 10.6. The van der Waals surface area contributed by atoms with E-state index in [-0.39, 0.29) is 0 Å². The van der Waals surface area contributed by atoms with E-state index < -0.39 is 0 Å². The van der Waals surface area contributed by atoms with Crippen LogP contribution in [0.3, 0.4) is 0 Å². The number of hydrogen-bond acceptors (Lipinski definition) is 0. The van der Waals surface area contributed by atoms with Crippen molar-refractivity contribution in [1.82, 2.24) is 13.7 Å². The first-order chi connectivity index (χ1) is 25.3. The van der Waals surface area contributed by atoms with E-state index in [9.17, 15) is 0 Å². The highest BCUT2D eigenvalue weighted by atomic mass is 15.0. The molecule has 0 N–H and O–H groups in total. The van der Waals surface area contributed by atoms with Gasteiger partial charge < -0.3 is 13.7 Å². The minimum absolute atomic E-state index is 1.14. The van der Waals surface area contributed by atoms with Crippen molar-refractivity contribution in [2.45, 2.75) is 0 Å². The van der Waals surface area contributed by atoms with E-state index in [1.165, 1.54) is 82.2 Å². The van der Waals surface area contributed by atoms with Gasteiger partial charge in [0.1, 0.15) is 0 Å². The average Bonchev–Trinajstić information content (AvgIpc) is 3.83. The van der Waals surface area contributed by atoms with Gasteiger partial charge in [0.25, 0.3) is 0 Å². The summed E-state index contributed by atoms with van der Waals surface area (Å²) in [7, 11) is 0. The Morgan fingerprint density at radius 1 is 0.255 bits per heavy atom. The SMILES string of the molecule is c1ccc(-n2c3ccccc3c3cc4c5ccccc5n(-c5cccc(-c6cccc7c6c6ccccc6n7-c6ccccc6)c5)c4cc32)cc1. The molecule has 8 aromatic carbocycles. The average molecular weight is 650 g/mol. The van der Waals surface area contributed by atoms with Crippen molar-refractivity contribution in [2.24, 2.45) is 0 Å². The Labute approximate surface area is 294 Å². The van der Waals surface area contributed by atoms with Crippen LogP contribution >= 0.6 is 0 Å². The fraction of sp³-hybridized carbons (Fsp3) is 0. The van der Waals surface area contributed by atoms with Crippen molar-refractivity contribution in [3.63, 3.8) is 0 Å². The molecule has 3 heterocycles. The van der Waals surface area contributed by atoms with Gasteiger partial charge in [-0.2, -0.15) is 0 Å². The lowest BCUT2D eigenvalue weighted by molar-refractivity contribution is 1.16. The van der Waals surface area contributed by atoms with Crippen LogP contribution < -0.4 is 0 Å². The van der Waals surface area contributed by atoms with E-state index in [0.717, 1.165) is 11.4 Å². The summed E-state index contributed by atoms with van der Waals surface area (Å²) in [5.74, 6) is 0.